The van der Waals surface area contributed by atoms with Crippen LogP contribution in [0, 0.1) is 19.8 Å². The predicted octanol–water partition coefficient (Wildman–Crippen LogP) is 6.76. The number of hydrogen-bond donors (Lipinski definition) is 0. The zero-order valence-electron chi connectivity index (χ0n) is 17.7. The SMILES string of the molecule is CC[C@]1(c2ccc(C)cc2)N=C(c2ccc(C)cc2)[C@H](C)[C@H](c2ccccc2)O1. The normalized spacial score (nSPS) is 24.2. The van der Waals surface area contributed by atoms with Gasteiger partial charge < -0.3 is 4.74 Å². The lowest BCUT2D eigenvalue weighted by molar-refractivity contribution is -0.120. The van der Waals surface area contributed by atoms with E-state index in [1.165, 1.54) is 22.3 Å². The molecule has 0 saturated heterocycles. The first-order valence-corrected chi connectivity index (χ1v) is 10.5. The molecule has 2 nitrogen and oxygen atoms in total. The molecule has 0 aromatic heterocycles. The number of aliphatic imine (C=N–C) groups is 1. The highest BCUT2D eigenvalue weighted by Crippen LogP contribution is 2.45. The Morgan fingerprint density at radius 2 is 1.41 bits per heavy atom. The molecule has 1 aliphatic rings. The molecule has 0 spiro atoms. The van der Waals surface area contributed by atoms with Gasteiger partial charge in [-0.05, 0) is 31.4 Å². The van der Waals surface area contributed by atoms with Gasteiger partial charge >= 0.3 is 0 Å². The lowest BCUT2D eigenvalue weighted by Gasteiger charge is -2.42. The third kappa shape index (κ3) is 3.77. The van der Waals surface area contributed by atoms with E-state index in [4.69, 9.17) is 9.73 Å². The maximum absolute atomic E-state index is 6.84. The minimum atomic E-state index is -0.680. The summed E-state index contributed by atoms with van der Waals surface area (Å²) >= 11 is 0. The Morgan fingerprint density at radius 3 is 2.00 bits per heavy atom. The van der Waals surface area contributed by atoms with Crippen molar-refractivity contribution in [2.45, 2.75) is 45.9 Å². The van der Waals surface area contributed by atoms with Crippen molar-refractivity contribution in [3.8, 4) is 0 Å². The fourth-order valence-corrected chi connectivity index (χ4v) is 4.14. The van der Waals surface area contributed by atoms with E-state index in [0.717, 1.165) is 17.7 Å². The van der Waals surface area contributed by atoms with Gasteiger partial charge in [-0.2, -0.15) is 0 Å². The van der Waals surface area contributed by atoms with Crippen molar-refractivity contribution in [3.05, 3.63) is 107 Å². The van der Waals surface area contributed by atoms with Gasteiger partial charge in [0.15, 0.2) is 5.72 Å². The van der Waals surface area contributed by atoms with Crippen molar-refractivity contribution < 1.29 is 4.74 Å². The summed E-state index contributed by atoms with van der Waals surface area (Å²) < 4.78 is 6.84. The van der Waals surface area contributed by atoms with Crippen LogP contribution in [0.1, 0.15) is 54.2 Å². The van der Waals surface area contributed by atoms with Crippen molar-refractivity contribution in [3.63, 3.8) is 0 Å². The summed E-state index contributed by atoms with van der Waals surface area (Å²) in [5.74, 6) is 0.158. The minimum absolute atomic E-state index is 0.0498. The summed E-state index contributed by atoms with van der Waals surface area (Å²) in [6, 6.07) is 27.9. The van der Waals surface area contributed by atoms with Gasteiger partial charge in [0, 0.05) is 11.5 Å². The maximum Gasteiger partial charge on any atom is 0.185 e. The van der Waals surface area contributed by atoms with E-state index in [1.807, 2.05) is 0 Å². The number of ether oxygens (including phenoxy) is 1. The zero-order chi connectivity index (χ0) is 20.4. The van der Waals surface area contributed by atoms with E-state index in [1.54, 1.807) is 0 Å². The predicted molar refractivity (Wildman–Crippen MR) is 120 cm³/mol. The highest BCUT2D eigenvalue weighted by molar-refractivity contribution is 6.03. The molecule has 4 rings (SSSR count). The van der Waals surface area contributed by atoms with Gasteiger partial charge in [0.25, 0.3) is 0 Å². The van der Waals surface area contributed by atoms with Crippen LogP contribution in [0.2, 0.25) is 0 Å². The van der Waals surface area contributed by atoms with Gasteiger partial charge in [0.05, 0.1) is 11.8 Å². The molecule has 3 aromatic carbocycles. The number of benzene rings is 3. The van der Waals surface area contributed by atoms with E-state index in [2.05, 4.69) is 107 Å². The van der Waals surface area contributed by atoms with E-state index in [9.17, 15) is 0 Å². The molecule has 3 atom stereocenters. The van der Waals surface area contributed by atoms with Crippen LogP contribution in [0.3, 0.4) is 0 Å². The lowest BCUT2D eigenvalue weighted by atomic mass is 9.85. The third-order valence-corrected chi connectivity index (χ3v) is 5.97. The Hall–Kier alpha value is -2.71. The van der Waals surface area contributed by atoms with Crippen molar-refractivity contribution in [2.24, 2.45) is 10.9 Å². The zero-order valence-corrected chi connectivity index (χ0v) is 17.7. The van der Waals surface area contributed by atoms with Gasteiger partial charge in [-0.1, -0.05) is 104 Å². The van der Waals surface area contributed by atoms with Gasteiger partial charge in [-0.3, -0.25) is 4.99 Å². The fraction of sp³-hybridized carbons (Fsp3) is 0.296. The van der Waals surface area contributed by atoms with Crippen molar-refractivity contribution in [1.82, 2.24) is 0 Å². The molecule has 0 amide bonds. The van der Waals surface area contributed by atoms with E-state index in [0.29, 0.717) is 0 Å². The minimum Gasteiger partial charge on any atom is -0.341 e. The topological polar surface area (TPSA) is 21.6 Å². The molecule has 0 saturated carbocycles. The Labute approximate surface area is 174 Å². The molecular formula is C27H29NO. The highest BCUT2D eigenvalue weighted by atomic mass is 16.5. The molecule has 0 radical (unpaired) electrons. The Kier molecular flexibility index (Phi) is 5.38. The molecule has 0 fully saturated rings. The first kappa shape index (κ1) is 19.6. The monoisotopic (exact) mass is 383 g/mol. The van der Waals surface area contributed by atoms with Crippen LogP contribution in [0.4, 0.5) is 0 Å². The average molecular weight is 384 g/mol. The van der Waals surface area contributed by atoms with Gasteiger partial charge in [0.2, 0.25) is 0 Å². The summed E-state index contributed by atoms with van der Waals surface area (Å²) in [6.07, 6.45) is 0.729. The summed E-state index contributed by atoms with van der Waals surface area (Å²) in [6.45, 7) is 8.62. The molecule has 1 heterocycles. The summed E-state index contributed by atoms with van der Waals surface area (Å²) in [7, 11) is 0. The summed E-state index contributed by atoms with van der Waals surface area (Å²) in [4.78, 5) is 5.28. The Morgan fingerprint density at radius 1 is 0.828 bits per heavy atom. The molecule has 0 bridgehead atoms. The van der Waals surface area contributed by atoms with Crippen molar-refractivity contribution in [2.75, 3.05) is 0 Å². The number of rotatable bonds is 4. The molecule has 0 aliphatic carbocycles. The third-order valence-electron chi connectivity index (χ3n) is 5.97. The number of aryl methyl sites for hydroxylation is 2. The van der Waals surface area contributed by atoms with Gasteiger partial charge in [0.1, 0.15) is 0 Å². The molecule has 0 N–H and O–H groups in total. The van der Waals surface area contributed by atoms with Crippen LogP contribution in [0.15, 0.2) is 83.9 Å². The Balaban J connectivity index is 1.88. The van der Waals surface area contributed by atoms with E-state index < -0.39 is 5.72 Å². The van der Waals surface area contributed by atoms with Crippen LogP contribution in [0.5, 0.6) is 0 Å². The molecule has 2 heteroatoms. The molecular weight excluding hydrogens is 354 g/mol. The average Bonchev–Trinajstić information content (AvgIpc) is 2.76. The largest absolute Gasteiger partial charge is 0.341 e. The standard InChI is InChI=1S/C27H29NO/c1-5-27(24-17-13-20(3)14-18-24)28-25(22-15-11-19(2)12-16-22)21(4)26(29-27)23-9-7-6-8-10-23/h6-18,21,26H,5H2,1-4H3/t21-,26+,27-/m0/s1. The van der Waals surface area contributed by atoms with Crippen LogP contribution in [-0.2, 0) is 10.5 Å². The van der Waals surface area contributed by atoms with Crippen LogP contribution in [0.25, 0.3) is 0 Å². The molecule has 1 aliphatic heterocycles. The highest BCUT2D eigenvalue weighted by Gasteiger charge is 2.42. The lowest BCUT2D eigenvalue weighted by Crippen LogP contribution is -2.40. The van der Waals surface area contributed by atoms with Crippen molar-refractivity contribution in [1.29, 1.82) is 0 Å². The van der Waals surface area contributed by atoms with Crippen LogP contribution < -0.4 is 0 Å². The van der Waals surface area contributed by atoms with Gasteiger partial charge in [-0.25, -0.2) is 0 Å². The van der Waals surface area contributed by atoms with Crippen molar-refractivity contribution >= 4 is 5.71 Å². The van der Waals surface area contributed by atoms with Crippen LogP contribution in [-0.4, -0.2) is 5.71 Å². The second kappa shape index (κ2) is 7.96. The summed E-state index contributed by atoms with van der Waals surface area (Å²) in [5.41, 5.74) is 6.43. The maximum atomic E-state index is 6.84. The second-order valence-corrected chi connectivity index (χ2v) is 8.10. The van der Waals surface area contributed by atoms with Gasteiger partial charge in [-0.15, -0.1) is 0 Å². The molecule has 3 aromatic rings. The fourth-order valence-electron chi connectivity index (χ4n) is 4.14. The molecule has 148 valence electrons. The number of nitrogens with zero attached hydrogens (tertiary/aromatic N) is 1. The second-order valence-electron chi connectivity index (χ2n) is 8.10. The molecule has 0 unspecified atom stereocenters. The van der Waals surface area contributed by atoms with Crippen LogP contribution >= 0.6 is 0 Å². The summed E-state index contributed by atoms with van der Waals surface area (Å²) in [5, 5.41) is 0. The molecule has 29 heavy (non-hydrogen) atoms. The smallest absolute Gasteiger partial charge is 0.185 e. The quantitative estimate of drug-likeness (QED) is 0.487. The number of hydrogen-bond acceptors (Lipinski definition) is 2. The first-order chi connectivity index (χ1) is 14.0. The van der Waals surface area contributed by atoms with E-state index >= 15 is 0 Å². The Bertz CT molecular complexity index is 989. The first-order valence-electron chi connectivity index (χ1n) is 10.5. The van der Waals surface area contributed by atoms with E-state index in [-0.39, 0.29) is 12.0 Å².